The van der Waals surface area contributed by atoms with Gasteiger partial charge in [-0.3, -0.25) is 14.4 Å². The highest BCUT2D eigenvalue weighted by atomic mass is 16.2. The zero-order valence-electron chi connectivity index (χ0n) is 16.8. The van der Waals surface area contributed by atoms with E-state index in [9.17, 15) is 14.4 Å². The molecule has 7 heteroatoms. The second-order valence-electron chi connectivity index (χ2n) is 7.33. The summed E-state index contributed by atoms with van der Waals surface area (Å²) in [5.74, 6) is -0.247. The van der Waals surface area contributed by atoms with Crippen molar-refractivity contribution in [1.82, 2.24) is 9.88 Å². The van der Waals surface area contributed by atoms with Gasteiger partial charge in [0.1, 0.15) is 5.82 Å². The number of benzene rings is 1. The van der Waals surface area contributed by atoms with Crippen molar-refractivity contribution in [3.05, 3.63) is 53.7 Å². The molecule has 1 unspecified atom stereocenters. The average molecular weight is 394 g/mol. The first kappa shape index (κ1) is 20.5. The van der Waals surface area contributed by atoms with Gasteiger partial charge in [-0.25, -0.2) is 4.98 Å². The Hall–Kier alpha value is -3.22. The van der Waals surface area contributed by atoms with Crippen molar-refractivity contribution in [3.63, 3.8) is 0 Å². The van der Waals surface area contributed by atoms with Crippen LogP contribution in [0.4, 0.5) is 11.5 Å². The number of nitrogens with zero attached hydrogens (tertiary/aromatic N) is 2. The first-order valence-corrected chi connectivity index (χ1v) is 9.89. The molecule has 0 aliphatic carbocycles. The molecule has 1 aliphatic rings. The van der Waals surface area contributed by atoms with Crippen LogP contribution in [-0.4, -0.2) is 40.7 Å². The molecule has 1 aromatic carbocycles. The lowest BCUT2D eigenvalue weighted by Gasteiger charge is -2.16. The van der Waals surface area contributed by atoms with Gasteiger partial charge in [0.2, 0.25) is 11.8 Å². The van der Waals surface area contributed by atoms with Crippen LogP contribution in [0.2, 0.25) is 0 Å². The van der Waals surface area contributed by atoms with E-state index in [1.807, 2.05) is 13.0 Å². The molecule has 1 fully saturated rings. The summed E-state index contributed by atoms with van der Waals surface area (Å²) in [6.07, 6.45) is 3.85. The number of carbonyl (C=O) groups is 3. The fraction of sp³-hybridized carbons (Fsp3) is 0.364. The molecule has 2 heterocycles. The van der Waals surface area contributed by atoms with Gasteiger partial charge in [0.25, 0.3) is 5.91 Å². The molecular weight excluding hydrogens is 368 g/mol. The monoisotopic (exact) mass is 394 g/mol. The van der Waals surface area contributed by atoms with Crippen molar-refractivity contribution in [2.45, 2.75) is 33.1 Å². The molecule has 152 valence electrons. The molecule has 3 rings (SSSR count). The second-order valence-corrected chi connectivity index (χ2v) is 7.33. The van der Waals surface area contributed by atoms with Gasteiger partial charge in [0.05, 0.1) is 5.92 Å². The van der Waals surface area contributed by atoms with Crippen molar-refractivity contribution in [1.29, 1.82) is 0 Å². The molecule has 3 amide bonds. The molecule has 0 saturated carbocycles. The Balaban J connectivity index is 1.55. The maximum atomic E-state index is 12.5. The second kappa shape index (κ2) is 9.32. The van der Waals surface area contributed by atoms with E-state index in [4.69, 9.17) is 0 Å². The van der Waals surface area contributed by atoms with Crippen LogP contribution >= 0.6 is 0 Å². The highest BCUT2D eigenvalue weighted by molar-refractivity contribution is 6.04. The Bertz CT molecular complexity index is 895. The minimum Gasteiger partial charge on any atom is -0.342 e. The summed E-state index contributed by atoms with van der Waals surface area (Å²) in [6.45, 7) is 5.18. The zero-order chi connectivity index (χ0) is 20.8. The molecule has 2 N–H and O–H groups in total. The smallest absolute Gasteiger partial charge is 0.256 e. The number of unbranched alkanes of at least 4 members (excludes halogenated alkanes) is 1. The number of aromatic nitrogens is 1. The van der Waals surface area contributed by atoms with E-state index < -0.39 is 0 Å². The Kier molecular flexibility index (Phi) is 6.59. The third-order valence-corrected chi connectivity index (χ3v) is 4.94. The summed E-state index contributed by atoms with van der Waals surface area (Å²) < 4.78 is 0. The molecule has 29 heavy (non-hydrogen) atoms. The summed E-state index contributed by atoms with van der Waals surface area (Å²) in [6, 6.07) is 10.3. The number of aryl methyl sites for hydroxylation is 1. The lowest BCUT2D eigenvalue weighted by Crippen LogP contribution is -2.29. The van der Waals surface area contributed by atoms with E-state index in [1.165, 1.54) is 0 Å². The highest BCUT2D eigenvalue weighted by Gasteiger charge is 2.33. The van der Waals surface area contributed by atoms with Crippen molar-refractivity contribution in [3.8, 4) is 0 Å². The predicted molar refractivity (Wildman–Crippen MR) is 112 cm³/mol. The number of rotatable bonds is 7. The van der Waals surface area contributed by atoms with Gasteiger partial charge in [-0.2, -0.15) is 0 Å². The Morgan fingerprint density at radius 2 is 1.93 bits per heavy atom. The fourth-order valence-electron chi connectivity index (χ4n) is 3.26. The maximum absolute atomic E-state index is 12.5. The van der Waals surface area contributed by atoms with Gasteiger partial charge in [-0.05, 0) is 55.3 Å². The predicted octanol–water partition coefficient (Wildman–Crippen LogP) is 3.23. The maximum Gasteiger partial charge on any atom is 0.256 e. The van der Waals surface area contributed by atoms with Crippen LogP contribution in [0.1, 0.15) is 42.1 Å². The van der Waals surface area contributed by atoms with E-state index in [-0.39, 0.29) is 30.1 Å². The highest BCUT2D eigenvalue weighted by Crippen LogP contribution is 2.21. The van der Waals surface area contributed by atoms with Crippen LogP contribution in [0.5, 0.6) is 0 Å². The minimum absolute atomic E-state index is 0.0374. The number of anilines is 2. The van der Waals surface area contributed by atoms with Crippen molar-refractivity contribution in [2.75, 3.05) is 23.7 Å². The van der Waals surface area contributed by atoms with E-state index >= 15 is 0 Å². The lowest BCUT2D eigenvalue weighted by molar-refractivity contribution is -0.128. The topological polar surface area (TPSA) is 91.4 Å². The number of amides is 3. The molecule has 0 radical (unpaired) electrons. The largest absolute Gasteiger partial charge is 0.342 e. The number of nitrogens with one attached hydrogen (secondary N) is 2. The summed E-state index contributed by atoms with van der Waals surface area (Å²) in [5.41, 5.74) is 2.07. The van der Waals surface area contributed by atoms with Gasteiger partial charge in [-0.1, -0.05) is 13.3 Å². The quantitative estimate of drug-likeness (QED) is 0.754. The molecule has 1 aliphatic heterocycles. The third kappa shape index (κ3) is 5.40. The summed E-state index contributed by atoms with van der Waals surface area (Å²) in [7, 11) is 0. The van der Waals surface area contributed by atoms with Crippen LogP contribution in [-0.2, 0) is 9.59 Å². The van der Waals surface area contributed by atoms with Gasteiger partial charge in [0.15, 0.2) is 0 Å². The summed E-state index contributed by atoms with van der Waals surface area (Å²) >= 11 is 0. The van der Waals surface area contributed by atoms with Gasteiger partial charge < -0.3 is 15.5 Å². The number of pyridine rings is 1. The summed E-state index contributed by atoms with van der Waals surface area (Å²) in [4.78, 5) is 42.8. The molecule has 0 spiro atoms. The normalized spacial score (nSPS) is 16.0. The number of carbonyl (C=O) groups excluding carboxylic acids is 3. The summed E-state index contributed by atoms with van der Waals surface area (Å²) in [5, 5.41) is 5.59. The average Bonchev–Trinajstić information content (AvgIpc) is 3.07. The van der Waals surface area contributed by atoms with Crippen LogP contribution in [0.15, 0.2) is 42.6 Å². The fourth-order valence-corrected chi connectivity index (χ4v) is 3.26. The Morgan fingerprint density at radius 3 is 2.62 bits per heavy atom. The van der Waals surface area contributed by atoms with E-state index in [1.54, 1.807) is 41.4 Å². The molecule has 7 nitrogen and oxygen atoms in total. The zero-order valence-corrected chi connectivity index (χ0v) is 16.8. The standard InChI is InChI=1S/C22H26N4O3/c1-3-4-11-26-14-17(13-20(26)27)22(29)24-18-7-5-16(6-8-18)21(28)25-19-12-15(2)9-10-23-19/h5-10,12,17H,3-4,11,13-14H2,1-2H3,(H,24,29)(H,23,25,28). The SMILES string of the molecule is CCCCN1CC(C(=O)Nc2ccc(C(=O)Nc3cc(C)ccn3)cc2)CC1=O. The molecule has 2 aromatic rings. The van der Waals surface area contributed by atoms with E-state index in [0.29, 0.717) is 30.2 Å². The first-order chi connectivity index (χ1) is 14.0. The van der Waals surface area contributed by atoms with E-state index in [0.717, 1.165) is 18.4 Å². The van der Waals surface area contributed by atoms with Gasteiger partial charge >= 0.3 is 0 Å². The van der Waals surface area contributed by atoms with Crippen molar-refractivity contribution >= 4 is 29.2 Å². The first-order valence-electron chi connectivity index (χ1n) is 9.89. The Morgan fingerprint density at radius 1 is 1.17 bits per heavy atom. The number of hydrogen-bond donors (Lipinski definition) is 2. The van der Waals surface area contributed by atoms with Gasteiger partial charge in [-0.15, -0.1) is 0 Å². The molecule has 1 aromatic heterocycles. The lowest BCUT2D eigenvalue weighted by atomic mass is 10.1. The van der Waals surface area contributed by atoms with Crippen molar-refractivity contribution in [2.24, 2.45) is 5.92 Å². The molecular formula is C22H26N4O3. The number of hydrogen-bond acceptors (Lipinski definition) is 4. The minimum atomic E-state index is -0.338. The van der Waals surface area contributed by atoms with Crippen LogP contribution < -0.4 is 10.6 Å². The van der Waals surface area contributed by atoms with Crippen molar-refractivity contribution < 1.29 is 14.4 Å². The molecule has 1 saturated heterocycles. The van der Waals surface area contributed by atoms with Gasteiger partial charge in [0, 0.05) is 37.0 Å². The number of likely N-dealkylation sites (tertiary alicyclic amines) is 1. The van der Waals surface area contributed by atoms with E-state index in [2.05, 4.69) is 22.5 Å². The molecule has 1 atom stereocenters. The van der Waals surface area contributed by atoms with Crippen LogP contribution in [0.3, 0.4) is 0 Å². The van der Waals surface area contributed by atoms with Crippen LogP contribution in [0.25, 0.3) is 0 Å². The van der Waals surface area contributed by atoms with Crippen LogP contribution in [0, 0.1) is 12.8 Å². The molecule has 0 bridgehead atoms. The Labute approximate surface area is 170 Å². The third-order valence-electron chi connectivity index (χ3n) is 4.94.